The van der Waals surface area contributed by atoms with Crippen LogP contribution in [0.25, 0.3) is 0 Å². The van der Waals surface area contributed by atoms with E-state index in [0.717, 1.165) is 25.1 Å². The summed E-state index contributed by atoms with van der Waals surface area (Å²) in [7, 11) is 0. The Labute approximate surface area is 122 Å². The van der Waals surface area contributed by atoms with Gasteiger partial charge in [0.05, 0.1) is 22.3 Å². The number of amides is 1. The summed E-state index contributed by atoms with van der Waals surface area (Å²) < 4.78 is 0. The van der Waals surface area contributed by atoms with E-state index in [1.165, 1.54) is 0 Å². The second kappa shape index (κ2) is 6.09. The van der Waals surface area contributed by atoms with Gasteiger partial charge in [0, 0.05) is 19.1 Å². The highest BCUT2D eigenvalue weighted by Gasteiger charge is 2.21. The van der Waals surface area contributed by atoms with E-state index in [1.807, 2.05) is 17.9 Å². The molecule has 1 heterocycles. The molecule has 1 atom stereocenters. The number of hydrogen-bond donors (Lipinski definition) is 2. The summed E-state index contributed by atoms with van der Waals surface area (Å²) in [6.07, 6.45) is 0.930. The molecule has 1 amide bonds. The lowest BCUT2D eigenvalue weighted by molar-refractivity contribution is -0.117. The quantitative estimate of drug-likeness (QED) is 0.900. The van der Waals surface area contributed by atoms with Crippen molar-refractivity contribution >= 4 is 34.8 Å². The molecule has 0 spiro atoms. The van der Waals surface area contributed by atoms with E-state index in [-0.39, 0.29) is 11.9 Å². The van der Waals surface area contributed by atoms with Crippen LogP contribution in [0.2, 0.25) is 10.0 Å². The maximum Gasteiger partial charge on any atom is 0.238 e. The van der Waals surface area contributed by atoms with Crippen LogP contribution in [0, 0.1) is 6.92 Å². The third-order valence-electron chi connectivity index (χ3n) is 3.22. The lowest BCUT2D eigenvalue weighted by Crippen LogP contribution is -2.33. The number of benzene rings is 1. The standard InChI is InChI=1S/C13H17Cl2N3O/c1-8-2-3-10(14)13(12(8)15)17-11(19)7-18-5-4-9(16)6-18/h2-3,9H,4-7,16H2,1H3,(H,17,19)/t9-/m0/s1. The zero-order chi connectivity index (χ0) is 14.0. The van der Waals surface area contributed by atoms with Gasteiger partial charge in [-0.05, 0) is 25.0 Å². The summed E-state index contributed by atoms with van der Waals surface area (Å²) in [6, 6.07) is 3.71. The van der Waals surface area contributed by atoms with E-state index in [4.69, 9.17) is 28.9 Å². The molecule has 0 radical (unpaired) electrons. The van der Waals surface area contributed by atoms with Crippen LogP contribution in [0.3, 0.4) is 0 Å². The molecule has 6 heteroatoms. The van der Waals surface area contributed by atoms with Crippen LogP contribution in [0.4, 0.5) is 5.69 Å². The van der Waals surface area contributed by atoms with Crippen LogP contribution >= 0.6 is 23.2 Å². The highest BCUT2D eigenvalue weighted by Crippen LogP contribution is 2.32. The number of likely N-dealkylation sites (tertiary alicyclic amines) is 1. The van der Waals surface area contributed by atoms with Crippen LogP contribution in [-0.4, -0.2) is 36.5 Å². The van der Waals surface area contributed by atoms with Crippen molar-refractivity contribution in [3.8, 4) is 0 Å². The van der Waals surface area contributed by atoms with Crippen LogP contribution < -0.4 is 11.1 Å². The molecular formula is C13H17Cl2N3O. The maximum atomic E-state index is 12.0. The van der Waals surface area contributed by atoms with Crippen LogP contribution in [-0.2, 0) is 4.79 Å². The summed E-state index contributed by atoms with van der Waals surface area (Å²) in [6.45, 7) is 3.79. The summed E-state index contributed by atoms with van der Waals surface area (Å²) in [5.74, 6) is -0.122. The van der Waals surface area contributed by atoms with E-state index < -0.39 is 0 Å². The molecule has 2 rings (SSSR count). The average Bonchev–Trinajstić information content (AvgIpc) is 2.75. The first-order valence-electron chi connectivity index (χ1n) is 6.19. The number of rotatable bonds is 3. The highest BCUT2D eigenvalue weighted by atomic mass is 35.5. The second-order valence-electron chi connectivity index (χ2n) is 4.89. The Kier molecular flexibility index (Phi) is 4.68. The second-order valence-corrected chi connectivity index (χ2v) is 5.67. The molecule has 1 aliphatic rings. The number of nitrogens with zero attached hydrogens (tertiary/aromatic N) is 1. The van der Waals surface area contributed by atoms with Crippen molar-refractivity contribution in [1.29, 1.82) is 0 Å². The fraction of sp³-hybridized carbons (Fsp3) is 0.462. The topological polar surface area (TPSA) is 58.4 Å². The summed E-state index contributed by atoms with van der Waals surface area (Å²) in [4.78, 5) is 14.0. The monoisotopic (exact) mass is 301 g/mol. The molecule has 0 bridgehead atoms. The number of anilines is 1. The molecule has 1 fully saturated rings. The lowest BCUT2D eigenvalue weighted by Gasteiger charge is -2.16. The third-order valence-corrected chi connectivity index (χ3v) is 4.03. The zero-order valence-electron chi connectivity index (χ0n) is 10.7. The lowest BCUT2D eigenvalue weighted by atomic mass is 10.2. The number of carbonyl (C=O) groups excluding carboxylic acids is 1. The Bertz CT molecular complexity index is 493. The van der Waals surface area contributed by atoms with Crippen molar-refractivity contribution in [2.24, 2.45) is 5.73 Å². The van der Waals surface area contributed by atoms with Gasteiger partial charge in [0.25, 0.3) is 0 Å². The fourth-order valence-corrected chi connectivity index (χ4v) is 2.62. The van der Waals surface area contributed by atoms with E-state index in [9.17, 15) is 4.79 Å². The Hall–Kier alpha value is -0.810. The first-order valence-corrected chi connectivity index (χ1v) is 6.95. The van der Waals surface area contributed by atoms with Gasteiger partial charge in [0.2, 0.25) is 5.91 Å². The minimum Gasteiger partial charge on any atom is -0.326 e. The number of halogens is 2. The maximum absolute atomic E-state index is 12.0. The molecule has 104 valence electrons. The van der Waals surface area contributed by atoms with Gasteiger partial charge < -0.3 is 11.1 Å². The van der Waals surface area contributed by atoms with Crippen molar-refractivity contribution in [2.45, 2.75) is 19.4 Å². The molecule has 0 saturated carbocycles. The zero-order valence-corrected chi connectivity index (χ0v) is 12.3. The number of aryl methyl sites for hydroxylation is 1. The Balaban J connectivity index is 2.01. The Morgan fingerprint density at radius 3 is 2.89 bits per heavy atom. The Morgan fingerprint density at radius 1 is 1.53 bits per heavy atom. The number of hydrogen-bond acceptors (Lipinski definition) is 3. The predicted octanol–water partition coefficient (Wildman–Crippen LogP) is 2.27. The van der Waals surface area contributed by atoms with Gasteiger partial charge in [-0.2, -0.15) is 0 Å². The van der Waals surface area contributed by atoms with Gasteiger partial charge in [-0.3, -0.25) is 9.69 Å². The van der Waals surface area contributed by atoms with Crippen LogP contribution in [0.1, 0.15) is 12.0 Å². The summed E-state index contributed by atoms with van der Waals surface area (Å²) >= 11 is 12.2. The molecule has 0 aliphatic carbocycles. The molecule has 3 N–H and O–H groups in total. The molecule has 0 aromatic heterocycles. The molecule has 1 aromatic rings. The largest absolute Gasteiger partial charge is 0.326 e. The van der Waals surface area contributed by atoms with E-state index >= 15 is 0 Å². The van der Waals surface area contributed by atoms with Crippen molar-refractivity contribution < 1.29 is 4.79 Å². The minimum atomic E-state index is -0.122. The molecule has 1 aliphatic heterocycles. The van der Waals surface area contributed by atoms with Crippen LogP contribution in [0.5, 0.6) is 0 Å². The number of carbonyl (C=O) groups is 1. The van der Waals surface area contributed by atoms with Gasteiger partial charge in [-0.1, -0.05) is 29.3 Å². The van der Waals surface area contributed by atoms with Crippen molar-refractivity contribution in [3.63, 3.8) is 0 Å². The molecule has 19 heavy (non-hydrogen) atoms. The molecule has 4 nitrogen and oxygen atoms in total. The van der Waals surface area contributed by atoms with Gasteiger partial charge in [0.15, 0.2) is 0 Å². The Morgan fingerprint density at radius 2 is 2.26 bits per heavy atom. The van der Waals surface area contributed by atoms with Crippen LogP contribution in [0.15, 0.2) is 12.1 Å². The van der Waals surface area contributed by atoms with Gasteiger partial charge in [-0.25, -0.2) is 0 Å². The fourth-order valence-electron chi connectivity index (χ4n) is 2.16. The van der Waals surface area contributed by atoms with Gasteiger partial charge in [-0.15, -0.1) is 0 Å². The molecule has 1 aromatic carbocycles. The highest BCUT2D eigenvalue weighted by molar-refractivity contribution is 6.40. The first-order chi connectivity index (χ1) is 8.97. The van der Waals surface area contributed by atoms with Crippen molar-refractivity contribution in [1.82, 2.24) is 4.90 Å². The summed E-state index contributed by atoms with van der Waals surface area (Å²) in [5, 5.41) is 3.71. The van der Waals surface area contributed by atoms with E-state index in [1.54, 1.807) is 6.07 Å². The molecule has 1 saturated heterocycles. The van der Waals surface area contributed by atoms with Gasteiger partial charge in [0.1, 0.15) is 0 Å². The van der Waals surface area contributed by atoms with E-state index in [0.29, 0.717) is 22.3 Å². The summed E-state index contributed by atoms with van der Waals surface area (Å²) in [5.41, 5.74) is 7.17. The number of nitrogens with two attached hydrogens (primary N) is 1. The average molecular weight is 302 g/mol. The SMILES string of the molecule is Cc1ccc(Cl)c(NC(=O)CN2CC[C@H](N)C2)c1Cl. The third kappa shape index (κ3) is 3.60. The van der Waals surface area contributed by atoms with Crippen molar-refractivity contribution in [3.05, 3.63) is 27.7 Å². The molecular weight excluding hydrogens is 285 g/mol. The predicted molar refractivity (Wildman–Crippen MR) is 78.9 cm³/mol. The smallest absolute Gasteiger partial charge is 0.238 e. The molecule has 0 unspecified atom stereocenters. The first kappa shape index (κ1) is 14.6. The van der Waals surface area contributed by atoms with Gasteiger partial charge >= 0.3 is 0 Å². The normalized spacial score (nSPS) is 19.7. The van der Waals surface area contributed by atoms with Crippen molar-refractivity contribution in [2.75, 3.05) is 25.0 Å². The minimum absolute atomic E-state index is 0.122. The van der Waals surface area contributed by atoms with E-state index in [2.05, 4.69) is 5.32 Å². The number of nitrogens with one attached hydrogen (secondary N) is 1.